The largest absolute Gasteiger partial charge is 0.416 e. The number of rotatable bonds is 4. The number of hydrogen-bond acceptors (Lipinski definition) is 3. The molecular formula is C22H21F3N4O3. The first-order valence-corrected chi connectivity index (χ1v) is 10.1. The molecule has 2 heterocycles. The average molecular weight is 446 g/mol. The maximum atomic E-state index is 12.7. The molecule has 0 bridgehead atoms. The van der Waals surface area contributed by atoms with Crippen LogP contribution in [0.15, 0.2) is 47.3 Å². The fourth-order valence-corrected chi connectivity index (χ4v) is 4.19. The summed E-state index contributed by atoms with van der Waals surface area (Å²) in [5, 5.41) is 0. The third kappa shape index (κ3) is 4.12. The molecule has 0 aliphatic carbocycles. The number of carbonyl (C=O) groups excluding carboxylic acids is 2. The number of hydrogen-bond donors (Lipinski definition) is 2. The molecule has 1 aromatic heterocycles. The Morgan fingerprint density at radius 2 is 1.72 bits per heavy atom. The number of para-hydroxylation sites is 1. The molecule has 3 aromatic rings. The van der Waals surface area contributed by atoms with E-state index in [1.807, 2.05) is 0 Å². The molecule has 32 heavy (non-hydrogen) atoms. The van der Waals surface area contributed by atoms with E-state index in [0.717, 1.165) is 12.1 Å². The van der Waals surface area contributed by atoms with Crippen molar-refractivity contribution >= 4 is 22.8 Å². The van der Waals surface area contributed by atoms with E-state index in [0.29, 0.717) is 42.5 Å². The molecule has 1 aliphatic rings. The van der Waals surface area contributed by atoms with Crippen molar-refractivity contribution in [2.24, 2.45) is 5.73 Å². The summed E-state index contributed by atoms with van der Waals surface area (Å²) in [6.45, 7) is 0.831. The van der Waals surface area contributed by atoms with Crippen molar-refractivity contribution in [3.05, 3.63) is 69.6 Å². The highest BCUT2D eigenvalue weighted by atomic mass is 19.4. The van der Waals surface area contributed by atoms with Crippen molar-refractivity contribution in [1.29, 1.82) is 0 Å². The second-order valence-electron chi connectivity index (χ2n) is 7.85. The van der Waals surface area contributed by atoms with Gasteiger partial charge in [-0.05, 0) is 42.7 Å². The van der Waals surface area contributed by atoms with Gasteiger partial charge >= 0.3 is 11.9 Å². The second-order valence-corrected chi connectivity index (χ2v) is 7.85. The van der Waals surface area contributed by atoms with Crippen molar-refractivity contribution in [3.63, 3.8) is 0 Å². The number of aromatic nitrogens is 2. The number of piperidine rings is 1. The van der Waals surface area contributed by atoms with Crippen LogP contribution < -0.4 is 11.4 Å². The highest BCUT2D eigenvalue weighted by molar-refractivity contribution is 6.04. The molecule has 0 atom stereocenters. The van der Waals surface area contributed by atoms with Gasteiger partial charge in [0, 0.05) is 19.1 Å². The van der Waals surface area contributed by atoms with E-state index in [4.69, 9.17) is 5.73 Å². The fraction of sp³-hybridized carbons (Fsp3) is 0.318. The minimum Gasteiger partial charge on any atom is -0.366 e. The maximum Gasteiger partial charge on any atom is 0.416 e. The van der Waals surface area contributed by atoms with Crippen LogP contribution in [0, 0.1) is 0 Å². The first kappa shape index (κ1) is 21.7. The summed E-state index contributed by atoms with van der Waals surface area (Å²) in [4.78, 5) is 41.2. The van der Waals surface area contributed by atoms with Crippen LogP contribution >= 0.6 is 0 Å². The molecule has 0 unspecified atom stereocenters. The molecule has 2 amide bonds. The molecule has 0 spiro atoms. The van der Waals surface area contributed by atoms with Crippen molar-refractivity contribution < 1.29 is 22.8 Å². The lowest BCUT2D eigenvalue weighted by Gasteiger charge is -2.32. The predicted octanol–water partition coefficient (Wildman–Crippen LogP) is 2.85. The van der Waals surface area contributed by atoms with Gasteiger partial charge in [-0.3, -0.25) is 14.2 Å². The van der Waals surface area contributed by atoms with E-state index in [1.54, 1.807) is 27.7 Å². The van der Waals surface area contributed by atoms with Crippen molar-refractivity contribution in [2.75, 3.05) is 13.1 Å². The molecule has 4 rings (SSSR count). The summed E-state index contributed by atoms with van der Waals surface area (Å²) < 4.78 is 39.7. The van der Waals surface area contributed by atoms with Crippen LogP contribution in [0.1, 0.15) is 40.4 Å². The highest BCUT2D eigenvalue weighted by Gasteiger charge is 2.30. The Hall–Kier alpha value is -3.56. The highest BCUT2D eigenvalue weighted by Crippen LogP contribution is 2.30. The summed E-state index contributed by atoms with van der Waals surface area (Å²) in [5.41, 5.74) is 6.02. The molecule has 1 fully saturated rings. The van der Waals surface area contributed by atoms with Crippen LogP contribution in [-0.2, 0) is 17.4 Å². The number of amides is 2. The van der Waals surface area contributed by atoms with Gasteiger partial charge < -0.3 is 15.6 Å². The van der Waals surface area contributed by atoms with Crippen molar-refractivity contribution in [2.45, 2.75) is 31.5 Å². The summed E-state index contributed by atoms with van der Waals surface area (Å²) in [6.07, 6.45) is -3.33. The van der Waals surface area contributed by atoms with Crippen LogP contribution in [0.5, 0.6) is 0 Å². The number of likely N-dealkylation sites (tertiary alicyclic amines) is 1. The smallest absolute Gasteiger partial charge is 0.366 e. The van der Waals surface area contributed by atoms with Gasteiger partial charge in [0.1, 0.15) is 0 Å². The zero-order valence-corrected chi connectivity index (χ0v) is 17.0. The minimum atomic E-state index is -4.41. The average Bonchev–Trinajstić information content (AvgIpc) is 3.09. The van der Waals surface area contributed by atoms with Crippen LogP contribution in [0.25, 0.3) is 11.0 Å². The van der Waals surface area contributed by atoms with E-state index in [9.17, 15) is 27.6 Å². The van der Waals surface area contributed by atoms with Gasteiger partial charge in [0.05, 0.1) is 28.6 Å². The molecule has 0 radical (unpaired) electrons. The fourth-order valence-electron chi connectivity index (χ4n) is 4.19. The molecule has 3 N–H and O–H groups in total. The van der Waals surface area contributed by atoms with Crippen LogP contribution in [-0.4, -0.2) is 39.4 Å². The van der Waals surface area contributed by atoms with E-state index >= 15 is 0 Å². The summed E-state index contributed by atoms with van der Waals surface area (Å²) in [5.74, 6) is -0.807. The topological polar surface area (TPSA) is 101 Å². The molecule has 0 saturated carbocycles. The Morgan fingerprint density at radius 1 is 1.06 bits per heavy atom. The molecule has 10 heteroatoms. The quantitative estimate of drug-likeness (QED) is 0.644. The van der Waals surface area contributed by atoms with Crippen LogP contribution in [0.2, 0.25) is 0 Å². The lowest BCUT2D eigenvalue weighted by molar-refractivity contribution is -0.137. The van der Waals surface area contributed by atoms with Gasteiger partial charge in [0.25, 0.3) is 5.91 Å². The number of halogens is 3. The molecule has 2 aromatic carbocycles. The van der Waals surface area contributed by atoms with Gasteiger partial charge in [-0.2, -0.15) is 13.2 Å². The maximum absolute atomic E-state index is 12.7. The summed E-state index contributed by atoms with van der Waals surface area (Å²) in [7, 11) is 0. The number of alkyl halides is 3. The lowest BCUT2D eigenvalue weighted by atomic mass is 10.0. The molecule has 1 saturated heterocycles. The lowest BCUT2D eigenvalue weighted by Crippen LogP contribution is -2.41. The number of aromatic amines is 1. The number of carbonyl (C=O) groups is 2. The van der Waals surface area contributed by atoms with E-state index in [1.165, 1.54) is 12.1 Å². The van der Waals surface area contributed by atoms with Crippen molar-refractivity contribution in [3.8, 4) is 0 Å². The SMILES string of the molecule is NC(=O)c1cccc2c1[nH]c(=O)n2C1CCN(C(=O)Cc2ccc(C(F)(F)F)cc2)CC1. The van der Waals surface area contributed by atoms with Gasteiger partial charge in [0.15, 0.2) is 0 Å². The number of imidazole rings is 1. The minimum absolute atomic E-state index is 0.0117. The Morgan fingerprint density at radius 3 is 2.31 bits per heavy atom. The zero-order valence-electron chi connectivity index (χ0n) is 17.0. The molecule has 168 valence electrons. The molecule has 7 nitrogen and oxygen atoms in total. The third-order valence-electron chi connectivity index (χ3n) is 5.84. The first-order valence-electron chi connectivity index (χ1n) is 10.1. The number of H-pyrrole nitrogens is 1. The van der Waals surface area contributed by atoms with E-state index in [-0.39, 0.29) is 29.6 Å². The summed E-state index contributed by atoms with van der Waals surface area (Å²) in [6, 6.07) is 9.36. The normalized spacial score (nSPS) is 15.3. The zero-order chi connectivity index (χ0) is 23.0. The van der Waals surface area contributed by atoms with Crippen LogP contribution in [0.3, 0.4) is 0 Å². The second kappa shape index (κ2) is 8.18. The monoisotopic (exact) mass is 446 g/mol. The number of nitrogens with zero attached hydrogens (tertiary/aromatic N) is 2. The van der Waals surface area contributed by atoms with E-state index in [2.05, 4.69) is 4.98 Å². The van der Waals surface area contributed by atoms with Gasteiger partial charge in [-0.15, -0.1) is 0 Å². The Balaban J connectivity index is 1.44. The molecular weight excluding hydrogens is 425 g/mol. The standard InChI is InChI=1S/C22H21F3N4O3/c23-22(24,25)14-6-4-13(5-7-14)12-18(30)28-10-8-15(9-11-28)29-17-3-1-2-16(20(26)31)19(17)27-21(29)32/h1-7,15H,8-12H2,(H2,26,31)(H,27,32). The number of primary amides is 1. The number of nitrogens with two attached hydrogens (primary N) is 1. The van der Waals surface area contributed by atoms with Crippen LogP contribution in [0.4, 0.5) is 13.2 Å². The Kier molecular flexibility index (Phi) is 5.53. The van der Waals surface area contributed by atoms with Gasteiger partial charge in [-0.1, -0.05) is 18.2 Å². The first-order chi connectivity index (χ1) is 15.1. The van der Waals surface area contributed by atoms with Gasteiger partial charge in [-0.25, -0.2) is 4.79 Å². The van der Waals surface area contributed by atoms with Gasteiger partial charge in [0.2, 0.25) is 5.91 Å². The molecule has 1 aliphatic heterocycles. The number of benzene rings is 2. The van der Waals surface area contributed by atoms with E-state index < -0.39 is 17.6 Å². The third-order valence-corrected chi connectivity index (χ3v) is 5.84. The Bertz CT molecular complexity index is 1220. The van der Waals surface area contributed by atoms with Crippen molar-refractivity contribution in [1.82, 2.24) is 14.5 Å². The summed E-state index contributed by atoms with van der Waals surface area (Å²) >= 11 is 0. The number of nitrogens with one attached hydrogen (secondary N) is 1. The predicted molar refractivity (Wildman–Crippen MR) is 111 cm³/mol. The number of fused-ring (bicyclic) bond motifs is 1. The Labute approximate surface area is 180 Å².